The maximum Gasteiger partial charge on any atom is 0.242 e. The van der Waals surface area contributed by atoms with E-state index < -0.39 is 0 Å². The lowest BCUT2D eigenvalue weighted by molar-refractivity contribution is -0.142. The Balaban J connectivity index is 1.49. The quantitative estimate of drug-likeness (QED) is 0.393. The number of thiophene rings is 1. The molecule has 0 radical (unpaired) electrons. The Labute approximate surface area is 211 Å². The molecule has 0 N–H and O–H groups in total. The number of hydrogen-bond acceptors (Lipinski definition) is 4. The minimum absolute atomic E-state index is 0.0250. The summed E-state index contributed by atoms with van der Waals surface area (Å²) >= 11 is 1.73. The molecule has 5 nitrogen and oxygen atoms in total. The summed E-state index contributed by atoms with van der Waals surface area (Å²) in [5, 5.41) is 2.08. The van der Waals surface area contributed by atoms with Gasteiger partial charge in [0.05, 0.1) is 12.5 Å². The molecule has 2 amide bonds. The fraction of sp³-hybridized carbons (Fsp3) is 0.310. The van der Waals surface area contributed by atoms with Gasteiger partial charge >= 0.3 is 0 Å². The van der Waals surface area contributed by atoms with Crippen LogP contribution in [-0.4, -0.2) is 47.9 Å². The van der Waals surface area contributed by atoms with Crippen molar-refractivity contribution in [1.82, 2.24) is 9.80 Å². The van der Waals surface area contributed by atoms with Crippen LogP contribution >= 0.6 is 11.3 Å². The van der Waals surface area contributed by atoms with Gasteiger partial charge in [0.1, 0.15) is 18.9 Å². The second-order valence-electron chi connectivity index (χ2n) is 8.96. The van der Waals surface area contributed by atoms with Crippen LogP contribution in [-0.2, 0) is 22.4 Å². The van der Waals surface area contributed by atoms with E-state index in [9.17, 15) is 9.59 Å². The zero-order valence-corrected chi connectivity index (χ0v) is 21.2. The van der Waals surface area contributed by atoms with E-state index in [2.05, 4.69) is 31.0 Å². The van der Waals surface area contributed by atoms with E-state index in [1.165, 1.54) is 10.4 Å². The number of rotatable bonds is 9. The molecule has 1 aliphatic rings. The van der Waals surface area contributed by atoms with E-state index in [4.69, 9.17) is 4.74 Å². The highest BCUT2D eigenvalue weighted by atomic mass is 32.1. The molecule has 1 aromatic heterocycles. The number of carbonyl (C=O) groups excluding carboxylic acids is 2. The summed E-state index contributed by atoms with van der Waals surface area (Å²) in [6, 6.07) is 17.6. The SMILES string of the molecule is C=CCN(CC(=O)N1CCc2sccc2C1COc1ccc(C)cc1C)C(=O)Cc1ccccc1. The molecule has 1 aliphatic heterocycles. The van der Waals surface area contributed by atoms with Crippen LogP contribution < -0.4 is 4.74 Å². The van der Waals surface area contributed by atoms with Crippen LogP contribution in [0, 0.1) is 13.8 Å². The first-order valence-corrected chi connectivity index (χ1v) is 12.8. The number of fused-ring (bicyclic) bond motifs is 1. The summed E-state index contributed by atoms with van der Waals surface area (Å²) < 4.78 is 6.23. The summed E-state index contributed by atoms with van der Waals surface area (Å²) in [6.45, 7) is 9.23. The maximum absolute atomic E-state index is 13.6. The first kappa shape index (κ1) is 24.7. The number of hydrogen-bond donors (Lipinski definition) is 0. The molecule has 0 spiro atoms. The smallest absolute Gasteiger partial charge is 0.242 e. The van der Waals surface area contributed by atoms with E-state index in [1.54, 1.807) is 22.3 Å². The Morgan fingerprint density at radius 3 is 2.71 bits per heavy atom. The third-order valence-electron chi connectivity index (χ3n) is 6.37. The molecule has 0 fully saturated rings. The zero-order chi connectivity index (χ0) is 24.8. The van der Waals surface area contributed by atoms with Gasteiger partial charge in [0.25, 0.3) is 0 Å². The number of nitrogens with zero attached hydrogens (tertiary/aromatic N) is 2. The lowest BCUT2D eigenvalue weighted by atomic mass is 10.00. The Kier molecular flexibility index (Phi) is 8.03. The van der Waals surface area contributed by atoms with Gasteiger partial charge in [-0.05, 0) is 54.5 Å². The number of benzene rings is 2. The summed E-state index contributed by atoms with van der Waals surface area (Å²) in [4.78, 5) is 31.3. The molecule has 2 aromatic carbocycles. The molecule has 1 atom stereocenters. The average molecular weight is 489 g/mol. The maximum atomic E-state index is 13.6. The normalized spacial score (nSPS) is 14.8. The molecule has 1 unspecified atom stereocenters. The van der Waals surface area contributed by atoms with E-state index >= 15 is 0 Å². The highest BCUT2D eigenvalue weighted by Gasteiger charge is 2.33. The third-order valence-corrected chi connectivity index (χ3v) is 7.37. The highest BCUT2D eigenvalue weighted by Crippen LogP contribution is 2.34. The Bertz CT molecular complexity index is 1190. The monoisotopic (exact) mass is 488 g/mol. The summed E-state index contributed by atoms with van der Waals surface area (Å²) in [6.07, 6.45) is 2.75. The number of aryl methyl sites for hydroxylation is 2. The standard InChI is InChI=1S/C29H32N2O3S/c1-4-14-30(28(32)18-23-8-6-5-7-9-23)19-29(33)31-15-12-27-24(13-16-35-27)25(31)20-34-26-11-10-21(2)17-22(26)3/h4-11,13,16-17,25H,1,12,14-15,18-20H2,2-3H3. The predicted molar refractivity (Wildman–Crippen MR) is 141 cm³/mol. The largest absolute Gasteiger partial charge is 0.491 e. The van der Waals surface area contributed by atoms with Crippen molar-refractivity contribution in [2.75, 3.05) is 26.2 Å². The molecule has 182 valence electrons. The fourth-order valence-electron chi connectivity index (χ4n) is 4.55. The van der Waals surface area contributed by atoms with Gasteiger partial charge in [-0.1, -0.05) is 54.1 Å². The second-order valence-corrected chi connectivity index (χ2v) is 9.96. The molecular weight excluding hydrogens is 456 g/mol. The van der Waals surface area contributed by atoms with Crippen LogP contribution in [0.4, 0.5) is 0 Å². The van der Waals surface area contributed by atoms with Gasteiger partial charge in [0, 0.05) is 18.0 Å². The Morgan fingerprint density at radius 2 is 1.97 bits per heavy atom. The lowest BCUT2D eigenvalue weighted by Gasteiger charge is -2.37. The first-order chi connectivity index (χ1) is 17.0. The molecule has 35 heavy (non-hydrogen) atoms. The average Bonchev–Trinajstić information content (AvgIpc) is 3.33. The zero-order valence-electron chi connectivity index (χ0n) is 20.4. The second kappa shape index (κ2) is 11.4. The van der Waals surface area contributed by atoms with Crippen molar-refractivity contribution < 1.29 is 14.3 Å². The van der Waals surface area contributed by atoms with Crippen LogP contribution in [0.2, 0.25) is 0 Å². The number of ether oxygens (including phenoxy) is 1. The minimum atomic E-state index is -0.187. The molecule has 4 rings (SSSR count). The Morgan fingerprint density at radius 1 is 1.17 bits per heavy atom. The van der Waals surface area contributed by atoms with E-state index in [0.717, 1.165) is 28.9 Å². The molecule has 6 heteroatoms. The summed E-state index contributed by atoms with van der Waals surface area (Å²) in [7, 11) is 0. The van der Waals surface area contributed by atoms with E-state index in [-0.39, 0.29) is 30.8 Å². The molecule has 3 aromatic rings. The van der Waals surface area contributed by atoms with Gasteiger partial charge in [-0.3, -0.25) is 9.59 Å². The number of amides is 2. The third kappa shape index (κ3) is 6.01. The lowest BCUT2D eigenvalue weighted by Crippen LogP contribution is -2.48. The molecule has 0 aliphatic carbocycles. The molecule has 0 saturated carbocycles. The van der Waals surface area contributed by atoms with Crippen LogP contribution in [0.5, 0.6) is 5.75 Å². The molecule has 2 heterocycles. The van der Waals surface area contributed by atoms with Crippen LogP contribution in [0.15, 0.2) is 72.6 Å². The highest BCUT2D eigenvalue weighted by molar-refractivity contribution is 7.10. The van der Waals surface area contributed by atoms with Crippen molar-refractivity contribution in [2.45, 2.75) is 32.7 Å². The van der Waals surface area contributed by atoms with Crippen molar-refractivity contribution in [2.24, 2.45) is 0 Å². The minimum Gasteiger partial charge on any atom is -0.491 e. The van der Waals surface area contributed by atoms with Crippen molar-refractivity contribution in [3.05, 3.63) is 99.8 Å². The Hall–Kier alpha value is -3.38. The van der Waals surface area contributed by atoms with Gasteiger partial charge < -0.3 is 14.5 Å². The van der Waals surface area contributed by atoms with Crippen molar-refractivity contribution >= 4 is 23.2 Å². The first-order valence-electron chi connectivity index (χ1n) is 11.9. The number of carbonyl (C=O) groups is 2. The van der Waals surface area contributed by atoms with Gasteiger partial charge in [-0.2, -0.15) is 0 Å². The van der Waals surface area contributed by atoms with Gasteiger partial charge in [0.2, 0.25) is 11.8 Å². The van der Waals surface area contributed by atoms with Gasteiger partial charge in [0.15, 0.2) is 0 Å². The molecular formula is C29H32N2O3S. The van der Waals surface area contributed by atoms with E-state index in [0.29, 0.717) is 19.7 Å². The van der Waals surface area contributed by atoms with E-state index in [1.807, 2.05) is 54.3 Å². The van der Waals surface area contributed by atoms with Crippen LogP contribution in [0.3, 0.4) is 0 Å². The topological polar surface area (TPSA) is 49.9 Å². The molecule has 0 bridgehead atoms. The van der Waals surface area contributed by atoms with Gasteiger partial charge in [-0.25, -0.2) is 0 Å². The van der Waals surface area contributed by atoms with Crippen molar-refractivity contribution in [3.63, 3.8) is 0 Å². The predicted octanol–water partition coefficient (Wildman–Crippen LogP) is 5.13. The molecule has 0 saturated heterocycles. The fourth-order valence-corrected chi connectivity index (χ4v) is 5.48. The van der Waals surface area contributed by atoms with Gasteiger partial charge in [-0.15, -0.1) is 17.9 Å². The summed E-state index contributed by atoms with van der Waals surface area (Å²) in [5.41, 5.74) is 4.34. The van der Waals surface area contributed by atoms with Crippen molar-refractivity contribution in [1.29, 1.82) is 0 Å². The van der Waals surface area contributed by atoms with Crippen LogP contribution in [0.25, 0.3) is 0 Å². The van der Waals surface area contributed by atoms with Crippen molar-refractivity contribution in [3.8, 4) is 5.75 Å². The van der Waals surface area contributed by atoms with Crippen LogP contribution in [0.1, 0.15) is 33.2 Å². The summed E-state index contributed by atoms with van der Waals surface area (Å²) in [5.74, 6) is 0.678.